The van der Waals surface area contributed by atoms with Gasteiger partial charge in [-0.2, -0.15) is 0 Å². The molecule has 0 aliphatic heterocycles. The third kappa shape index (κ3) is 9.00. The SMILES string of the molecule is CCCCNC(=O)C(C)(N)CC(O)CCCC(C)C. The molecule has 0 aromatic carbocycles. The first-order chi connectivity index (χ1) is 8.79. The Morgan fingerprint density at radius 1 is 1.32 bits per heavy atom. The van der Waals surface area contributed by atoms with Gasteiger partial charge in [-0.3, -0.25) is 4.79 Å². The van der Waals surface area contributed by atoms with E-state index in [-0.39, 0.29) is 5.91 Å². The highest BCUT2D eigenvalue weighted by Crippen LogP contribution is 2.16. The zero-order chi connectivity index (χ0) is 14.9. The van der Waals surface area contributed by atoms with Gasteiger partial charge in [-0.25, -0.2) is 0 Å². The van der Waals surface area contributed by atoms with Crippen LogP contribution in [0, 0.1) is 5.92 Å². The fraction of sp³-hybridized carbons (Fsp3) is 0.933. The Morgan fingerprint density at radius 2 is 1.95 bits per heavy atom. The van der Waals surface area contributed by atoms with Gasteiger partial charge < -0.3 is 16.2 Å². The largest absolute Gasteiger partial charge is 0.393 e. The molecule has 0 aromatic heterocycles. The van der Waals surface area contributed by atoms with E-state index in [0.29, 0.717) is 25.3 Å². The summed E-state index contributed by atoms with van der Waals surface area (Å²) in [6.45, 7) is 8.76. The molecule has 4 heteroatoms. The van der Waals surface area contributed by atoms with E-state index < -0.39 is 11.6 Å². The molecule has 0 bridgehead atoms. The molecule has 0 radical (unpaired) electrons. The molecule has 2 atom stereocenters. The van der Waals surface area contributed by atoms with E-state index in [0.717, 1.165) is 25.7 Å². The number of nitrogens with one attached hydrogen (secondary N) is 1. The molecule has 0 aliphatic rings. The number of unbranched alkanes of at least 4 members (excludes halogenated alkanes) is 1. The van der Waals surface area contributed by atoms with Gasteiger partial charge >= 0.3 is 0 Å². The smallest absolute Gasteiger partial charge is 0.239 e. The van der Waals surface area contributed by atoms with Crippen LogP contribution in [-0.4, -0.2) is 29.2 Å². The van der Waals surface area contributed by atoms with Crippen LogP contribution in [-0.2, 0) is 4.79 Å². The van der Waals surface area contributed by atoms with Gasteiger partial charge in [0.2, 0.25) is 5.91 Å². The number of nitrogens with two attached hydrogens (primary N) is 1. The number of aliphatic hydroxyl groups excluding tert-OH is 1. The van der Waals surface area contributed by atoms with E-state index in [1.54, 1.807) is 6.92 Å². The van der Waals surface area contributed by atoms with Crippen molar-refractivity contribution in [3.63, 3.8) is 0 Å². The highest BCUT2D eigenvalue weighted by molar-refractivity contribution is 5.85. The Labute approximate surface area is 118 Å². The number of hydrogen-bond donors (Lipinski definition) is 3. The molecule has 0 rings (SSSR count). The normalized spacial score (nSPS) is 16.2. The Bertz CT molecular complexity index is 253. The van der Waals surface area contributed by atoms with Crippen LogP contribution in [0.25, 0.3) is 0 Å². The zero-order valence-corrected chi connectivity index (χ0v) is 13.0. The molecule has 0 spiro atoms. The van der Waals surface area contributed by atoms with Crippen LogP contribution >= 0.6 is 0 Å². The first-order valence-corrected chi connectivity index (χ1v) is 7.54. The summed E-state index contributed by atoms with van der Waals surface area (Å²) in [5.74, 6) is 0.484. The maximum Gasteiger partial charge on any atom is 0.239 e. The minimum Gasteiger partial charge on any atom is -0.393 e. The van der Waals surface area contributed by atoms with Crippen LogP contribution in [0.3, 0.4) is 0 Å². The minimum atomic E-state index is -0.981. The van der Waals surface area contributed by atoms with Crippen molar-refractivity contribution >= 4 is 5.91 Å². The number of carbonyl (C=O) groups excluding carboxylic acids is 1. The van der Waals surface area contributed by atoms with Crippen molar-refractivity contribution in [3.05, 3.63) is 0 Å². The molecular formula is C15H32N2O2. The number of hydrogen-bond acceptors (Lipinski definition) is 3. The van der Waals surface area contributed by atoms with Crippen molar-refractivity contribution in [2.45, 2.75) is 77.9 Å². The summed E-state index contributed by atoms with van der Waals surface area (Å²) in [5, 5.41) is 12.8. The number of aliphatic hydroxyl groups is 1. The van der Waals surface area contributed by atoms with Gasteiger partial charge in [0.1, 0.15) is 0 Å². The van der Waals surface area contributed by atoms with Gasteiger partial charge in [0.05, 0.1) is 11.6 Å². The van der Waals surface area contributed by atoms with Crippen molar-refractivity contribution in [2.24, 2.45) is 11.7 Å². The standard InChI is InChI=1S/C15H32N2O2/c1-5-6-10-17-14(19)15(4,16)11-13(18)9-7-8-12(2)3/h12-13,18H,5-11,16H2,1-4H3,(H,17,19). The second-order valence-electron chi connectivity index (χ2n) is 6.21. The molecule has 0 fully saturated rings. The van der Waals surface area contributed by atoms with E-state index in [4.69, 9.17) is 5.73 Å². The summed E-state index contributed by atoms with van der Waals surface area (Å²) in [6, 6.07) is 0. The molecule has 1 amide bonds. The van der Waals surface area contributed by atoms with E-state index >= 15 is 0 Å². The zero-order valence-electron chi connectivity index (χ0n) is 13.0. The van der Waals surface area contributed by atoms with Crippen LogP contribution in [0.15, 0.2) is 0 Å². The topological polar surface area (TPSA) is 75.4 Å². The molecule has 4 nitrogen and oxygen atoms in total. The van der Waals surface area contributed by atoms with E-state index in [1.807, 2.05) is 0 Å². The third-order valence-corrected chi connectivity index (χ3v) is 3.31. The first kappa shape index (κ1) is 18.4. The molecule has 0 saturated carbocycles. The third-order valence-electron chi connectivity index (χ3n) is 3.31. The predicted molar refractivity (Wildman–Crippen MR) is 79.8 cm³/mol. The lowest BCUT2D eigenvalue weighted by Crippen LogP contribution is -2.53. The van der Waals surface area contributed by atoms with Crippen molar-refractivity contribution in [1.82, 2.24) is 5.32 Å². The summed E-state index contributed by atoms with van der Waals surface area (Å²) >= 11 is 0. The maximum atomic E-state index is 11.9. The molecule has 19 heavy (non-hydrogen) atoms. The Balaban J connectivity index is 4.01. The Morgan fingerprint density at radius 3 is 2.47 bits per heavy atom. The average molecular weight is 272 g/mol. The Hall–Kier alpha value is -0.610. The lowest BCUT2D eigenvalue weighted by Gasteiger charge is -2.26. The quantitative estimate of drug-likeness (QED) is 0.534. The molecule has 4 N–H and O–H groups in total. The molecule has 0 saturated heterocycles. The fourth-order valence-corrected chi connectivity index (χ4v) is 2.03. The van der Waals surface area contributed by atoms with Gasteiger partial charge in [-0.05, 0) is 32.1 Å². The van der Waals surface area contributed by atoms with Crippen molar-refractivity contribution < 1.29 is 9.90 Å². The second kappa shape index (κ2) is 9.32. The number of rotatable bonds is 10. The monoisotopic (exact) mass is 272 g/mol. The summed E-state index contributed by atoms with van der Waals surface area (Å²) in [7, 11) is 0. The van der Waals surface area contributed by atoms with E-state index in [1.165, 1.54) is 0 Å². The highest BCUT2D eigenvalue weighted by Gasteiger charge is 2.30. The fourth-order valence-electron chi connectivity index (χ4n) is 2.03. The predicted octanol–water partition coefficient (Wildman–Crippen LogP) is 2.20. The summed E-state index contributed by atoms with van der Waals surface area (Å²) in [4.78, 5) is 11.9. The summed E-state index contributed by atoms with van der Waals surface area (Å²) < 4.78 is 0. The molecule has 0 aliphatic carbocycles. The van der Waals surface area contributed by atoms with Crippen LogP contribution in [0.4, 0.5) is 0 Å². The summed E-state index contributed by atoms with van der Waals surface area (Å²) in [5.41, 5.74) is 5.02. The molecular weight excluding hydrogens is 240 g/mol. The number of amides is 1. The van der Waals surface area contributed by atoms with Crippen molar-refractivity contribution in [2.75, 3.05) is 6.54 Å². The van der Waals surface area contributed by atoms with Crippen LogP contribution in [0.2, 0.25) is 0 Å². The van der Waals surface area contributed by atoms with Gasteiger partial charge in [-0.1, -0.05) is 40.0 Å². The molecule has 0 aromatic rings. The van der Waals surface area contributed by atoms with E-state index in [9.17, 15) is 9.90 Å². The summed E-state index contributed by atoms with van der Waals surface area (Å²) in [6.07, 6.45) is 4.62. The second-order valence-corrected chi connectivity index (χ2v) is 6.21. The number of carbonyl (C=O) groups is 1. The Kier molecular flexibility index (Phi) is 9.02. The van der Waals surface area contributed by atoms with Crippen LogP contribution in [0.5, 0.6) is 0 Å². The lowest BCUT2D eigenvalue weighted by molar-refractivity contribution is -0.127. The van der Waals surface area contributed by atoms with Gasteiger partial charge in [0.25, 0.3) is 0 Å². The minimum absolute atomic E-state index is 0.163. The maximum absolute atomic E-state index is 11.9. The lowest BCUT2D eigenvalue weighted by atomic mass is 9.91. The highest BCUT2D eigenvalue weighted by atomic mass is 16.3. The van der Waals surface area contributed by atoms with Crippen LogP contribution in [0.1, 0.15) is 66.2 Å². The van der Waals surface area contributed by atoms with Crippen molar-refractivity contribution in [3.8, 4) is 0 Å². The van der Waals surface area contributed by atoms with E-state index in [2.05, 4.69) is 26.1 Å². The van der Waals surface area contributed by atoms with Crippen LogP contribution < -0.4 is 11.1 Å². The first-order valence-electron chi connectivity index (χ1n) is 7.54. The molecule has 2 unspecified atom stereocenters. The van der Waals surface area contributed by atoms with Crippen molar-refractivity contribution in [1.29, 1.82) is 0 Å². The average Bonchev–Trinajstić information content (AvgIpc) is 2.27. The molecule has 0 heterocycles. The molecule has 114 valence electrons. The van der Waals surface area contributed by atoms with Gasteiger partial charge in [0.15, 0.2) is 0 Å². The van der Waals surface area contributed by atoms with Gasteiger partial charge in [0, 0.05) is 6.54 Å². The van der Waals surface area contributed by atoms with Gasteiger partial charge in [-0.15, -0.1) is 0 Å².